The van der Waals surface area contributed by atoms with Crippen molar-refractivity contribution in [2.45, 2.75) is 6.54 Å². The van der Waals surface area contributed by atoms with E-state index < -0.39 is 0 Å². The van der Waals surface area contributed by atoms with Gasteiger partial charge < -0.3 is 5.32 Å². The predicted octanol–water partition coefficient (Wildman–Crippen LogP) is 2.34. The highest BCUT2D eigenvalue weighted by Crippen LogP contribution is 2.14. The van der Waals surface area contributed by atoms with Crippen LogP contribution in [0.5, 0.6) is 0 Å². The number of nitrogens with zero attached hydrogens (tertiary/aromatic N) is 4. The number of rotatable bonds is 4. The third kappa shape index (κ3) is 2.38. The van der Waals surface area contributed by atoms with Crippen molar-refractivity contribution in [2.75, 3.05) is 5.32 Å². The molecule has 0 saturated heterocycles. The third-order valence-corrected chi connectivity index (χ3v) is 3.05. The lowest BCUT2D eigenvalue weighted by molar-refractivity contribution is 0.880. The molecule has 1 N–H and O–H groups in total. The van der Waals surface area contributed by atoms with Crippen LogP contribution in [-0.4, -0.2) is 19.4 Å². The van der Waals surface area contributed by atoms with Crippen LogP contribution in [0.1, 0.15) is 5.69 Å². The fourth-order valence-corrected chi connectivity index (χ4v) is 2.08. The van der Waals surface area contributed by atoms with Crippen LogP contribution in [0.3, 0.4) is 0 Å². The summed E-state index contributed by atoms with van der Waals surface area (Å²) in [4.78, 5) is 0. The fourth-order valence-electron chi connectivity index (χ4n) is 1.63. The van der Waals surface area contributed by atoms with E-state index in [2.05, 4.69) is 20.0 Å². The smallest absolute Gasteiger partial charge is 0.0946 e. The van der Waals surface area contributed by atoms with Gasteiger partial charge in [-0.2, -0.15) is 5.10 Å². The van der Waals surface area contributed by atoms with Crippen molar-refractivity contribution in [3.63, 3.8) is 0 Å². The van der Waals surface area contributed by atoms with Gasteiger partial charge in [-0.1, -0.05) is 10.6 Å². The molecule has 5 nitrogen and oxygen atoms in total. The second kappa shape index (κ2) is 4.97. The molecule has 2 heterocycles. The number of hydrogen-bond donors (Lipinski definition) is 1. The Labute approximate surface area is 108 Å². The highest BCUT2D eigenvalue weighted by molar-refractivity contribution is 7.03. The Morgan fingerprint density at radius 1 is 1.28 bits per heavy atom. The number of hydrogen-bond acceptors (Lipinski definition) is 5. The summed E-state index contributed by atoms with van der Waals surface area (Å²) >= 11 is 1.36. The van der Waals surface area contributed by atoms with Crippen LogP contribution in [0, 0.1) is 0 Å². The van der Waals surface area contributed by atoms with Crippen molar-refractivity contribution in [1.82, 2.24) is 19.4 Å². The van der Waals surface area contributed by atoms with Crippen LogP contribution in [0.25, 0.3) is 5.69 Å². The minimum atomic E-state index is 0.680. The molecule has 3 aromatic rings. The Bertz CT molecular complexity index is 603. The molecule has 2 aromatic heterocycles. The van der Waals surface area contributed by atoms with Crippen LogP contribution in [0.15, 0.2) is 48.1 Å². The van der Waals surface area contributed by atoms with Crippen molar-refractivity contribution < 1.29 is 0 Å². The van der Waals surface area contributed by atoms with Crippen molar-refractivity contribution >= 4 is 17.2 Å². The first-order valence-electron chi connectivity index (χ1n) is 5.52. The third-order valence-electron chi connectivity index (χ3n) is 2.49. The van der Waals surface area contributed by atoms with Gasteiger partial charge >= 0.3 is 0 Å². The van der Waals surface area contributed by atoms with Gasteiger partial charge in [0, 0.05) is 23.5 Å². The van der Waals surface area contributed by atoms with Crippen molar-refractivity contribution in [3.8, 4) is 5.69 Å². The first-order chi connectivity index (χ1) is 8.92. The standard InChI is InChI=1S/C12H11N5S/c1-3-10(13-8-11-9-18-16-15-11)7-12(4-1)17-6-2-5-14-17/h1-7,9,13H,8H2. The summed E-state index contributed by atoms with van der Waals surface area (Å²) in [6.07, 6.45) is 3.69. The number of anilines is 1. The lowest BCUT2D eigenvalue weighted by Crippen LogP contribution is -2.01. The average Bonchev–Trinajstić information content (AvgIpc) is 3.10. The van der Waals surface area contributed by atoms with E-state index in [1.165, 1.54) is 11.5 Å². The zero-order valence-corrected chi connectivity index (χ0v) is 10.3. The van der Waals surface area contributed by atoms with Gasteiger partial charge in [0.1, 0.15) is 0 Å². The van der Waals surface area contributed by atoms with E-state index >= 15 is 0 Å². The van der Waals surface area contributed by atoms with Gasteiger partial charge in [-0.25, -0.2) is 4.68 Å². The van der Waals surface area contributed by atoms with Crippen molar-refractivity contribution in [1.29, 1.82) is 0 Å². The Hall–Kier alpha value is -2.21. The van der Waals surface area contributed by atoms with E-state index in [-0.39, 0.29) is 0 Å². The molecule has 18 heavy (non-hydrogen) atoms. The van der Waals surface area contributed by atoms with E-state index in [4.69, 9.17) is 0 Å². The zero-order chi connectivity index (χ0) is 12.2. The number of benzene rings is 1. The van der Waals surface area contributed by atoms with E-state index in [0.717, 1.165) is 17.1 Å². The van der Waals surface area contributed by atoms with Gasteiger partial charge in [0.2, 0.25) is 0 Å². The normalized spacial score (nSPS) is 10.4. The lowest BCUT2D eigenvalue weighted by Gasteiger charge is -2.07. The van der Waals surface area contributed by atoms with Crippen molar-refractivity contribution in [2.24, 2.45) is 0 Å². The SMILES string of the molecule is c1cc(NCc2csnn2)cc(-n2cccn2)c1. The number of nitrogens with one attached hydrogen (secondary N) is 1. The van der Waals surface area contributed by atoms with Gasteiger partial charge in [0.25, 0.3) is 0 Å². The molecule has 90 valence electrons. The second-order valence-corrected chi connectivity index (χ2v) is 4.36. The van der Waals surface area contributed by atoms with E-state index in [1.807, 2.05) is 46.6 Å². The monoisotopic (exact) mass is 257 g/mol. The minimum absolute atomic E-state index is 0.680. The molecule has 0 radical (unpaired) electrons. The van der Waals surface area contributed by atoms with Crippen LogP contribution in [-0.2, 0) is 6.54 Å². The molecule has 0 bridgehead atoms. The van der Waals surface area contributed by atoms with E-state index in [1.54, 1.807) is 6.20 Å². The summed E-state index contributed by atoms with van der Waals surface area (Å²) in [6, 6.07) is 9.99. The van der Waals surface area contributed by atoms with Crippen LogP contribution >= 0.6 is 11.5 Å². The Morgan fingerprint density at radius 2 is 2.28 bits per heavy atom. The topological polar surface area (TPSA) is 55.6 Å². The summed E-state index contributed by atoms with van der Waals surface area (Å²) in [6.45, 7) is 0.680. The molecule has 0 unspecified atom stereocenters. The Morgan fingerprint density at radius 3 is 3.06 bits per heavy atom. The maximum atomic E-state index is 4.21. The molecular weight excluding hydrogens is 246 g/mol. The first kappa shape index (κ1) is 10.9. The highest BCUT2D eigenvalue weighted by Gasteiger charge is 1.99. The maximum Gasteiger partial charge on any atom is 0.0946 e. The molecule has 0 fully saturated rings. The average molecular weight is 257 g/mol. The lowest BCUT2D eigenvalue weighted by atomic mass is 10.2. The molecule has 0 aliphatic rings. The van der Waals surface area contributed by atoms with Crippen LogP contribution in [0.2, 0.25) is 0 Å². The summed E-state index contributed by atoms with van der Waals surface area (Å²) < 4.78 is 5.66. The van der Waals surface area contributed by atoms with Gasteiger partial charge in [-0.3, -0.25) is 0 Å². The Balaban J connectivity index is 1.75. The van der Waals surface area contributed by atoms with E-state index in [9.17, 15) is 0 Å². The first-order valence-corrected chi connectivity index (χ1v) is 6.35. The molecule has 1 aromatic carbocycles. The van der Waals surface area contributed by atoms with Gasteiger partial charge in [-0.05, 0) is 35.8 Å². The maximum absolute atomic E-state index is 4.21. The molecule has 0 atom stereocenters. The summed E-state index contributed by atoms with van der Waals surface area (Å²) in [5, 5.41) is 13.4. The van der Waals surface area contributed by atoms with Crippen LogP contribution in [0.4, 0.5) is 5.69 Å². The highest BCUT2D eigenvalue weighted by atomic mass is 32.1. The largest absolute Gasteiger partial charge is 0.379 e. The molecule has 0 aliphatic carbocycles. The fraction of sp³-hybridized carbons (Fsp3) is 0.0833. The molecule has 3 rings (SSSR count). The summed E-state index contributed by atoms with van der Waals surface area (Å²) in [5.74, 6) is 0. The quantitative estimate of drug-likeness (QED) is 0.779. The molecular formula is C12H11N5S. The molecule has 0 aliphatic heterocycles. The molecule has 0 spiro atoms. The van der Waals surface area contributed by atoms with Crippen LogP contribution < -0.4 is 5.32 Å². The second-order valence-electron chi connectivity index (χ2n) is 3.75. The van der Waals surface area contributed by atoms with Gasteiger partial charge in [0.15, 0.2) is 0 Å². The molecule has 6 heteroatoms. The van der Waals surface area contributed by atoms with Gasteiger partial charge in [-0.15, -0.1) is 5.10 Å². The summed E-state index contributed by atoms with van der Waals surface area (Å²) in [5.41, 5.74) is 3.02. The minimum Gasteiger partial charge on any atom is -0.379 e. The van der Waals surface area contributed by atoms with Gasteiger partial charge in [0.05, 0.1) is 17.9 Å². The number of aromatic nitrogens is 4. The molecule has 0 saturated carbocycles. The van der Waals surface area contributed by atoms with E-state index in [0.29, 0.717) is 6.54 Å². The Kier molecular flexibility index (Phi) is 3.01. The summed E-state index contributed by atoms with van der Waals surface area (Å²) in [7, 11) is 0. The zero-order valence-electron chi connectivity index (χ0n) is 9.52. The predicted molar refractivity (Wildman–Crippen MR) is 70.8 cm³/mol. The molecule has 0 amide bonds. The van der Waals surface area contributed by atoms with Crippen molar-refractivity contribution in [3.05, 3.63) is 53.8 Å².